The third-order valence-corrected chi connectivity index (χ3v) is 1.76. The van der Waals surface area contributed by atoms with Crippen LogP contribution in [-0.4, -0.2) is 44.4 Å². The van der Waals surface area contributed by atoms with Gasteiger partial charge in [-0.05, 0) is 19.6 Å². The second-order valence-electron chi connectivity index (χ2n) is 4.39. The van der Waals surface area contributed by atoms with E-state index in [2.05, 4.69) is 40.0 Å². The Balaban J connectivity index is -0.000000605. The zero-order valence-corrected chi connectivity index (χ0v) is 13.3. The quantitative estimate of drug-likeness (QED) is 0.477. The van der Waals surface area contributed by atoms with Crippen molar-refractivity contribution < 1.29 is 21.5 Å². The summed E-state index contributed by atoms with van der Waals surface area (Å²) in [6.07, 6.45) is 4.25. The fraction of sp³-hybridized carbons (Fsp3) is 0.900. The van der Waals surface area contributed by atoms with E-state index in [1.54, 1.807) is 0 Å². The molecule has 0 radical (unpaired) electrons. The lowest BCUT2D eigenvalue weighted by molar-refractivity contribution is -0.870. The van der Waals surface area contributed by atoms with E-state index >= 15 is 0 Å². The van der Waals surface area contributed by atoms with Gasteiger partial charge in [0, 0.05) is 6.42 Å². The molecule has 0 bridgehead atoms. The van der Waals surface area contributed by atoms with Gasteiger partial charge in [-0.1, -0.05) is 6.92 Å². The number of hydrogen-bond donors (Lipinski definition) is 0. The van der Waals surface area contributed by atoms with Crippen LogP contribution in [0.4, 0.5) is 0 Å². The van der Waals surface area contributed by atoms with Gasteiger partial charge in [-0.2, -0.15) is 0 Å². The van der Waals surface area contributed by atoms with Crippen LogP contribution in [0.3, 0.4) is 0 Å². The Hall–Kier alpha value is 0.590. The fourth-order valence-electron chi connectivity index (χ4n) is 0.934. The first-order valence-electron chi connectivity index (χ1n) is 4.78. The summed E-state index contributed by atoms with van der Waals surface area (Å²) in [5.74, 6) is 0. The molecule has 4 heteroatoms. The van der Waals surface area contributed by atoms with Crippen molar-refractivity contribution in [1.29, 1.82) is 0 Å². The topological polar surface area (TPSA) is 12.4 Å². The molecule has 0 rings (SSSR count). The molecular formula is C10H24Br2N2. The summed E-state index contributed by atoms with van der Waals surface area (Å²) in [5.41, 5.74) is 0. The minimum absolute atomic E-state index is 0. The normalized spacial score (nSPS) is 13.2. The summed E-state index contributed by atoms with van der Waals surface area (Å²) in [4.78, 5) is 4.41. The summed E-state index contributed by atoms with van der Waals surface area (Å²) in [6, 6.07) is 0.488. The van der Waals surface area contributed by atoms with Gasteiger partial charge in [0.15, 0.2) is 0 Å². The first-order chi connectivity index (χ1) is 5.45. The molecule has 2 nitrogen and oxygen atoms in total. The Kier molecular flexibility index (Phi) is 14.5. The van der Waals surface area contributed by atoms with Gasteiger partial charge in [0.05, 0.1) is 33.7 Å². The Morgan fingerprint density at radius 1 is 1.29 bits per heavy atom. The molecule has 0 heterocycles. The molecule has 0 spiro atoms. The fourth-order valence-corrected chi connectivity index (χ4v) is 0.934. The molecule has 0 amide bonds. The SMILES string of the molecule is Br.CCC=NC(C)CC[N+](C)(C)C.[Br-]. The largest absolute Gasteiger partial charge is 1.00 e. The number of rotatable bonds is 5. The molecule has 0 saturated carbocycles. The highest BCUT2D eigenvalue weighted by Gasteiger charge is 2.08. The predicted octanol–water partition coefficient (Wildman–Crippen LogP) is -0.466. The molecule has 0 N–H and O–H groups in total. The molecule has 0 fully saturated rings. The zero-order chi connectivity index (χ0) is 9.61. The van der Waals surface area contributed by atoms with Crippen LogP contribution in [0.1, 0.15) is 26.7 Å². The van der Waals surface area contributed by atoms with E-state index in [0.29, 0.717) is 6.04 Å². The van der Waals surface area contributed by atoms with Crippen molar-refractivity contribution in [1.82, 2.24) is 0 Å². The first-order valence-corrected chi connectivity index (χ1v) is 4.78. The average molecular weight is 332 g/mol. The molecule has 1 atom stereocenters. The van der Waals surface area contributed by atoms with Crippen molar-refractivity contribution in [3.63, 3.8) is 0 Å². The van der Waals surface area contributed by atoms with E-state index in [9.17, 15) is 0 Å². The smallest absolute Gasteiger partial charge is 0.0801 e. The van der Waals surface area contributed by atoms with Gasteiger partial charge in [-0.3, -0.25) is 4.99 Å². The maximum Gasteiger partial charge on any atom is 0.0801 e. The highest BCUT2D eigenvalue weighted by atomic mass is 79.9. The van der Waals surface area contributed by atoms with E-state index in [4.69, 9.17) is 0 Å². The van der Waals surface area contributed by atoms with Crippen LogP contribution in [-0.2, 0) is 0 Å². The van der Waals surface area contributed by atoms with Crippen molar-refractivity contribution in [2.45, 2.75) is 32.7 Å². The third-order valence-electron chi connectivity index (χ3n) is 1.76. The number of quaternary nitrogens is 1. The van der Waals surface area contributed by atoms with Gasteiger partial charge in [0.25, 0.3) is 0 Å². The number of nitrogens with zero attached hydrogens (tertiary/aromatic N) is 2. The van der Waals surface area contributed by atoms with E-state index in [0.717, 1.165) is 10.9 Å². The molecule has 0 aliphatic rings. The van der Waals surface area contributed by atoms with Crippen LogP contribution in [0, 0.1) is 0 Å². The van der Waals surface area contributed by atoms with Gasteiger partial charge in [-0.15, -0.1) is 17.0 Å². The third kappa shape index (κ3) is 15.1. The average Bonchev–Trinajstić information content (AvgIpc) is 1.95. The van der Waals surface area contributed by atoms with E-state index in [1.807, 2.05) is 6.21 Å². The lowest BCUT2D eigenvalue weighted by Gasteiger charge is -2.24. The van der Waals surface area contributed by atoms with Crippen molar-refractivity contribution >= 4 is 23.2 Å². The molecular weight excluding hydrogens is 308 g/mol. The van der Waals surface area contributed by atoms with E-state index < -0.39 is 0 Å². The van der Waals surface area contributed by atoms with Crippen LogP contribution in [0.2, 0.25) is 0 Å². The summed E-state index contributed by atoms with van der Waals surface area (Å²) < 4.78 is 1.03. The number of halogens is 2. The Morgan fingerprint density at radius 3 is 2.14 bits per heavy atom. The molecule has 0 aromatic rings. The Labute approximate surface area is 110 Å². The Morgan fingerprint density at radius 2 is 1.79 bits per heavy atom. The second kappa shape index (κ2) is 10.1. The first kappa shape index (κ1) is 20.1. The predicted molar refractivity (Wildman–Crippen MR) is 66.1 cm³/mol. The van der Waals surface area contributed by atoms with Gasteiger partial charge >= 0.3 is 0 Å². The maximum atomic E-state index is 4.41. The molecule has 1 unspecified atom stereocenters. The van der Waals surface area contributed by atoms with Crippen LogP contribution >= 0.6 is 17.0 Å². The van der Waals surface area contributed by atoms with Gasteiger partial charge in [0.1, 0.15) is 0 Å². The van der Waals surface area contributed by atoms with E-state index in [1.165, 1.54) is 13.0 Å². The molecule has 0 aliphatic carbocycles. The molecule has 0 aromatic heterocycles. The van der Waals surface area contributed by atoms with Crippen LogP contribution in [0.15, 0.2) is 4.99 Å². The zero-order valence-electron chi connectivity index (χ0n) is 9.96. The molecule has 14 heavy (non-hydrogen) atoms. The summed E-state index contributed by atoms with van der Waals surface area (Å²) in [6.45, 7) is 5.50. The van der Waals surface area contributed by atoms with E-state index in [-0.39, 0.29) is 34.0 Å². The van der Waals surface area contributed by atoms with Crippen LogP contribution < -0.4 is 17.0 Å². The lowest BCUT2D eigenvalue weighted by atomic mass is 10.2. The summed E-state index contributed by atoms with van der Waals surface area (Å²) >= 11 is 0. The van der Waals surface area contributed by atoms with Crippen LogP contribution in [0.5, 0.6) is 0 Å². The Bertz CT molecular complexity index is 142. The minimum Gasteiger partial charge on any atom is -1.00 e. The van der Waals surface area contributed by atoms with Crippen molar-refractivity contribution in [2.75, 3.05) is 27.7 Å². The summed E-state index contributed by atoms with van der Waals surface area (Å²) in [5, 5.41) is 0. The highest BCUT2D eigenvalue weighted by molar-refractivity contribution is 8.93. The van der Waals surface area contributed by atoms with Crippen molar-refractivity contribution in [3.05, 3.63) is 0 Å². The van der Waals surface area contributed by atoms with Gasteiger partial charge in [0.2, 0.25) is 0 Å². The van der Waals surface area contributed by atoms with Crippen molar-refractivity contribution in [3.8, 4) is 0 Å². The standard InChI is InChI=1S/C10H23N2.2BrH/c1-6-8-11-10(2)7-9-12(3,4)5;;/h8,10H,6-7,9H2,1-5H3;2*1H/q+1;;/p-1. The maximum absolute atomic E-state index is 4.41. The highest BCUT2D eigenvalue weighted by Crippen LogP contribution is 2.01. The second-order valence-corrected chi connectivity index (χ2v) is 4.39. The molecule has 0 saturated heterocycles. The minimum atomic E-state index is 0. The lowest BCUT2D eigenvalue weighted by Crippen LogP contribution is -3.00. The molecule has 0 aromatic carbocycles. The number of aliphatic imine (C=N–C) groups is 1. The van der Waals surface area contributed by atoms with Crippen LogP contribution in [0.25, 0.3) is 0 Å². The number of hydrogen-bond acceptors (Lipinski definition) is 1. The van der Waals surface area contributed by atoms with Crippen molar-refractivity contribution in [2.24, 2.45) is 4.99 Å². The van der Waals surface area contributed by atoms with Gasteiger partial charge < -0.3 is 21.5 Å². The molecule has 88 valence electrons. The summed E-state index contributed by atoms with van der Waals surface area (Å²) in [7, 11) is 6.66. The molecule has 0 aliphatic heterocycles. The van der Waals surface area contributed by atoms with Gasteiger partial charge in [-0.25, -0.2) is 0 Å². The monoisotopic (exact) mass is 330 g/mol.